The predicted octanol–water partition coefficient (Wildman–Crippen LogP) is 14.7. The molecule has 0 heterocycles. The number of hydrogen-bond donors (Lipinski definition) is 0. The molecule has 8 aromatic carbocycles. The standard InChI is InChI=1S/2C28H22/c2*1-22(23-14-6-2-7-15-23)27(24-16-8-3-9-17-24)28(25-18-10-4-11-19-25)26-20-12-5-13-21-26/h2*2-21H,1H2. The van der Waals surface area contributed by atoms with Crippen molar-refractivity contribution in [2.75, 3.05) is 0 Å². The summed E-state index contributed by atoms with van der Waals surface area (Å²) in [7, 11) is 0. The van der Waals surface area contributed by atoms with Crippen LogP contribution in [0.4, 0.5) is 0 Å². The molecule has 0 nitrogen and oxygen atoms in total. The minimum absolute atomic E-state index is 1.02. The van der Waals surface area contributed by atoms with Gasteiger partial charge in [-0.2, -0.15) is 0 Å². The Morgan fingerprint density at radius 3 is 0.554 bits per heavy atom. The molecule has 0 heteroatoms. The van der Waals surface area contributed by atoms with Gasteiger partial charge in [-0.15, -0.1) is 0 Å². The van der Waals surface area contributed by atoms with E-state index in [1.54, 1.807) is 0 Å². The zero-order valence-electron chi connectivity index (χ0n) is 31.5. The van der Waals surface area contributed by atoms with E-state index in [4.69, 9.17) is 0 Å². The van der Waals surface area contributed by atoms with E-state index in [0.29, 0.717) is 0 Å². The lowest BCUT2D eigenvalue weighted by Crippen LogP contribution is -1.97. The van der Waals surface area contributed by atoms with Crippen LogP contribution in [0, 0.1) is 0 Å². The van der Waals surface area contributed by atoms with Crippen LogP contribution in [-0.2, 0) is 0 Å². The van der Waals surface area contributed by atoms with E-state index in [2.05, 4.69) is 244 Å². The summed E-state index contributed by atoms with van der Waals surface area (Å²) in [5.74, 6) is 0. The average molecular weight is 717 g/mol. The smallest absolute Gasteiger partial charge is 0.00268 e. The molecule has 0 saturated heterocycles. The molecule has 0 fully saturated rings. The van der Waals surface area contributed by atoms with Crippen molar-refractivity contribution < 1.29 is 0 Å². The number of allylic oxidation sites excluding steroid dienone is 4. The number of rotatable bonds is 10. The van der Waals surface area contributed by atoms with Crippen LogP contribution in [0.1, 0.15) is 44.5 Å². The molecule has 0 aliphatic carbocycles. The highest BCUT2D eigenvalue weighted by Crippen LogP contribution is 2.41. The van der Waals surface area contributed by atoms with Crippen molar-refractivity contribution in [1.29, 1.82) is 0 Å². The molecule has 8 rings (SSSR count). The van der Waals surface area contributed by atoms with E-state index >= 15 is 0 Å². The lowest BCUT2D eigenvalue weighted by atomic mass is 9.84. The topological polar surface area (TPSA) is 0 Å². The SMILES string of the molecule is C=C(C(=C(c1ccccc1)c1ccccc1)c1ccccc1)c1ccccc1.C=C(C(=C(c1ccccc1)c1ccccc1)c1ccccc1)c1ccccc1. The van der Waals surface area contributed by atoms with Crippen LogP contribution < -0.4 is 0 Å². The fraction of sp³-hybridized carbons (Fsp3) is 0. The third kappa shape index (κ3) is 8.91. The molecule has 0 bridgehead atoms. The summed E-state index contributed by atoms with van der Waals surface area (Å²) in [5, 5.41) is 0. The van der Waals surface area contributed by atoms with Crippen molar-refractivity contribution in [2.45, 2.75) is 0 Å². The molecule has 0 radical (unpaired) electrons. The van der Waals surface area contributed by atoms with Gasteiger partial charge in [-0.05, 0) is 77.9 Å². The molecule has 56 heavy (non-hydrogen) atoms. The normalized spacial score (nSPS) is 10.3. The highest BCUT2D eigenvalue weighted by Gasteiger charge is 2.19. The highest BCUT2D eigenvalue weighted by atomic mass is 14.2. The summed E-state index contributed by atoms with van der Waals surface area (Å²) in [5.41, 5.74) is 16.1. The van der Waals surface area contributed by atoms with Crippen molar-refractivity contribution in [1.82, 2.24) is 0 Å². The molecule has 0 unspecified atom stereocenters. The second-order valence-corrected chi connectivity index (χ2v) is 13.4. The third-order valence-electron chi connectivity index (χ3n) is 9.72. The Morgan fingerprint density at radius 2 is 0.357 bits per heavy atom. The van der Waals surface area contributed by atoms with Crippen LogP contribution in [0.25, 0.3) is 33.4 Å². The van der Waals surface area contributed by atoms with Crippen LogP contribution in [0.2, 0.25) is 0 Å². The second kappa shape index (κ2) is 18.7. The molecule has 0 N–H and O–H groups in total. The number of benzene rings is 8. The van der Waals surface area contributed by atoms with Gasteiger partial charge >= 0.3 is 0 Å². The summed E-state index contributed by atoms with van der Waals surface area (Å²) in [6.45, 7) is 9.03. The third-order valence-corrected chi connectivity index (χ3v) is 9.72. The Kier molecular flexibility index (Phi) is 12.3. The Hall–Kier alpha value is -7.28. The van der Waals surface area contributed by atoms with Crippen molar-refractivity contribution in [3.8, 4) is 0 Å². The van der Waals surface area contributed by atoms with Crippen LogP contribution in [0.3, 0.4) is 0 Å². The van der Waals surface area contributed by atoms with Gasteiger partial charge in [-0.25, -0.2) is 0 Å². The average Bonchev–Trinajstić information content (AvgIpc) is 3.29. The maximum absolute atomic E-state index is 4.52. The lowest BCUT2D eigenvalue weighted by Gasteiger charge is -2.19. The minimum atomic E-state index is 1.02. The lowest BCUT2D eigenvalue weighted by molar-refractivity contribution is 1.53. The van der Waals surface area contributed by atoms with Crippen molar-refractivity contribution in [3.63, 3.8) is 0 Å². The van der Waals surface area contributed by atoms with E-state index in [1.807, 2.05) is 12.1 Å². The fourth-order valence-electron chi connectivity index (χ4n) is 7.05. The van der Waals surface area contributed by atoms with Gasteiger partial charge in [-0.3, -0.25) is 0 Å². The van der Waals surface area contributed by atoms with Crippen molar-refractivity contribution in [2.24, 2.45) is 0 Å². The Labute approximate surface area is 332 Å². The van der Waals surface area contributed by atoms with Crippen LogP contribution in [0.15, 0.2) is 256 Å². The predicted molar refractivity (Wildman–Crippen MR) is 241 cm³/mol. The maximum Gasteiger partial charge on any atom is -0.00268 e. The van der Waals surface area contributed by atoms with Gasteiger partial charge in [0.05, 0.1) is 0 Å². The van der Waals surface area contributed by atoms with E-state index in [9.17, 15) is 0 Å². The minimum Gasteiger partial charge on any atom is -0.0905 e. The van der Waals surface area contributed by atoms with E-state index in [1.165, 1.54) is 44.5 Å². The monoisotopic (exact) mass is 716 g/mol. The summed E-state index contributed by atoms with van der Waals surface area (Å²) in [4.78, 5) is 0. The van der Waals surface area contributed by atoms with Gasteiger partial charge in [0.1, 0.15) is 0 Å². The Bertz CT molecular complexity index is 2250. The van der Waals surface area contributed by atoms with E-state index in [0.717, 1.165) is 33.4 Å². The Balaban J connectivity index is 0.000000172. The Morgan fingerprint density at radius 1 is 0.196 bits per heavy atom. The zero-order chi connectivity index (χ0) is 38.4. The quantitative estimate of drug-likeness (QED) is 0.0976. The van der Waals surface area contributed by atoms with Crippen molar-refractivity contribution in [3.05, 3.63) is 300 Å². The first-order chi connectivity index (χ1) is 27.7. The van der Waals surface area contributed by atoms with E-state index in [-0.39, 0.29) is 0 Å². The molecular weight excluding hydrogens is 673 g/mol. The van der Waals surface area contributed by atoms with Crippen LogP contribution in [0.5, 0.6) is 0 Å². The maximum atomic E-state index is 4.52. The highest BCUT2D eigenvalue weighted by molar-refractivity contribution is 6.18. The second-order valence-electron chi connectivity index (χ2n) is 13.4. The molecule has 268 valence electrons. The largest absolute Gasteiger partial charge is 0.0905 e. The molecule has 0 aliphatic rings. The molecule has 0 atom stereocenters. The number of hydrogen-bond acceptors (Lipinski definition) is 0. The van der Waals surface area contributed by atoms with Crippen molar-refractivity contribution >= 4 is 33.4 Å². The summed E-state index contributed by atoms with van der Waals surface area (Å²) >= 11 is 0. The van der Waals surface area contributed by atoms with Gasteiger partial charge in [0, 0.05) is 0 Å². The first-order valence-corrected chi connectivity index (χ1v) is 19.0. The molecule has 8 aromatic rings. The van der Waals surface area contributed by atoms with Gasteiger partial charge in [0.15, 0.2) is 0 Å². The first-order valence-electron chi connectivity index (χ1n) is 19.0. The van der Waals surface area contributed by atoms with Gasteiger partial charge < -0.3 is 0 Å². The molecule has 0 spiro atoms. The molecular formula is C56H44. The summed E-state index contributed by atoms with van der Waals surface area (Å²) in [6.07, 6.45) is 0. The van der Waals surface area contributed by atoms with Crippen LogP contribution in [-0.4, -0.2) is 0 Å². The molecule has 0 saturated carbocycles. The van der Waals surface area contributed by atoms with E-state index < -0.39 is 0 Å². The first kappa shape index (κ1) is 37.1. The van der Waals surface area contributed by atoms with Gasteiger partial charge in [0.2, 0.25) is 0 Å². The summed E-state index contributed by atoms with van der Waals surface area (Å²) in [6, 6.07) is 84.2. The van der Waals surface area contributed by atoms with Gasteiger partial charge in [0.25, 0.3) is 0 Å². The molecule has 0 aromatic heterocycles. The molecule has 0 aliphatic heterocycles. The fourth-order valence-corrected chi connectivity index (χ4v) is 7.05. The summed E-state index contributed by atoms with van der Waals surface area (Å²) < 4.78 is 0. The van der Waals surface area contributed by atoms with Gasteiger partial charge in [-0.1, -0.05) is 256 Å². The van der Waals surface area contributed by atoms with Crippen LogP contribution >= 0.6 is 0 Å². The molecule has 0 amide bonds. The zero-order valence-corrected chi connectivity index (χ0v) is 31.5.